The molecule has 0 aliphatic carbocycles. The molecule has 3 fully saturated rings. The first-order chi connectivity index (χ1) is 11.1. The molecule has 3 rings (SSSR count). The van der Waals surface area contributed by atoms with Gasteiger partial charge in [0.1, 0.15) is 18.3 Å². The highest BCUT2D eigenvalue weighted by Gasteiger charge is 2.57. The molecule has 0 aromatic carbocycles. The van der Waals surface area contributed by atoms with Gasteiger partial charge in [0.25, 0.3) is 0 Å². The smallest absolute Gasteiger partial charge is 0.190 e. The van der Waals surface area contributed by atoms with Crippen LogP contribution in [0.1, 0.15) is 59.3 Å². The molecule has 3 heterocycles. The first-order valence-corrected chi connectivity index (χ1v) is 9.04. The second-order valence-corrected chi connectivity index (χ2v) is 7.08. The third-order valence-electron chi connectivity index (χ3n) is 4.57. The van der Waals surface area contributed by atoms with E-state index in [0.29, 0.717) is 6.61 Å². The molecule has 0 spiro atoms. The van der Waals surface area contributed by atoms with Crippen molar-refractivity contribution >= 4 is 0 Å². The van der Waals surface area contributed by atoms with Crippen molar-refractivity contribution < 1.29 is 23.7 Å². The Balaban J connectivity index is 1.42. The average Bonchev–Trinajstić information content (AvgIpc) is 2.98. The molecule has 5 heteroatoms. The standard InChI is InChI=1S/C18H30O5/c1-4-5-6-7-8-9-10-11-14-19-12-13-15(21-14)16-17(20-13)23-18(2,3)22-16/h10-11,13-17H,4-9,12H2,1-3H3/b11-10+/t13-,14+,15+,16-,17-/m1/s1. The number of allylic oxidation sites excluding steroid dienone is 1. The number of unbranched alkanes of at least 4 members (excludes halogenated alkanes) is 5. The SMILES string of the molecule is CCCCCCC/C=C/[C@H]1OC[C@H]2O[C@@H]3OC(C)(C)O[C@@H]3[C@H]2O1. The van der Waals surface area contributed by atoms with E-state index in [-0.39, 0.29) is 30.9 Å². The highest BCUT2D eigenvalue weighted by atomic mass is 16.9. The van der Waals surface area contributed by atoms with E-state index < -0.39 is 5.79 Å². The Morgan fingerprint density at radius 2 is 1.83 bits per heavy atom. The van der Waals surface area contributed by atoms with Gasteiger partial charge in [-0.3, -0.25) is 0 Å². The summed E-state index contributed by atoms with van der Waals surface area (Å²) in [5.41, 5.74) is 0. The summed E-state index contributed by atoms with van der Waals surface area (Å²) in [5, 5.41) is 0. The molecule has 3 aliphatic heterocycles. The normalized spacial score (nSPS) is 38.8. The lowest BCUT2D eigenvalue weighted by Gasteiger charge is -2.33. The van der Waals surface area contributed by atoms with E-state index in [0.717, 1.165) is 6.42 Å². The lowest BCUT2D eigenvalue weighted by molar-refractivity contribution is -0.270. The minimum absolute atomic E-state index is 0.0974. The van der Waals surface area contributed by atoms with Crippen molar-refractivity contribution in [2.45, 2.75) is 96.0 Å². The summed E-state index contributed by atoms with van der Waals surface area (Å²) >= 11 is 0. The molecule has 0 aromatic heterocycles. The molecule has 0 N–H and O–H groups in total. The Kier molecular flexibility index (Phi) is 5.75. The minimum Gasteiger partial charge on any atom is -0.346 e. The van der Waals surface area contributed by atoms with Crippen LogP contribution in [0.15, 0.2) is 12.2 Å². The summed E-state index contributed by atoms with van der Waals surface area (Å²) in [7, 11) is 0. The van der Waals surface area contributed by atoms with Crippen LogP contribution in [0.3, 0.4) is 0 Å². The topological polar surface area (TPSA) is 46.2 Å². The van der Waals surface area contributed by atoms with Crippen molar-refractivity contribution in [3.05, 3.63) is 12.2 Å². The van der Waals surface area contributed by atoms with E-state index in [2.05, 4.69) is 13.0 Å². The Labute approximate surface area is 139 Å². The molecule has 23 heavy (non-hydrogen) atoms. The molecule has 0 unspecified atom stereocenters. The van der Waals surface area contributed by atoms with Crippen molar-refractivity contribution in [3.8, 4) is 0 Å². The van der Waals surface area contributed by atoms with Crippen LogP contribution in [0.4, 0.5) is 0 Å². The van der Waals surface area contributed by atoms with Crippen LogP contribution in [-0.2, 0) is 23.7 Å². The molecule has 132 valence electrons. The molecule has 0 radical (unpaired) electrons. The van der Waals surface area contributed by atoms with E-state index in [1.165, 1.54) is 32.1 Å². The number of hydrogen-bond donors (Lipinski definition) is 0. The van der Waals surface area contributed by atoms with Gasteiger partial charge >= 0.3 is 0 Å². The Hall–Kier alpha value is -0.460. The average molecular weight is 326 g/mol. The van der Waals surface area contributed by atoms with Gasteiger partial charge in [-0.05, 0) is 32.8 Å². The molecule has 3 aliphatic rings. The molecular weight excluding hydrogens is 296 g/mol. The largest absolute Gasteiger partial charge is 0.346 e. The van der Waals surface area contributed by atoms with Crippen molar-refractivity contribution in [1.29, 1.82) is 0 Å². The summed E-state index contributed by atoms with van der Waals surface area (Å²) in [6.45, 7) is 6.57. The molecule has 5 atom stereocenters. The lowest BCUT2D eigenvalue weighted by atomic mass is 10.1. The number of rotatable bonds is 7. The molecule has 5 nitrogen and oxygen atoms in total. The zero-order chi connectivity index (χ0) is 16.3. The minimum atomic E-state index is -0.605. The fraction of sp³-hybridized carbons (Fsp3) is 0.889. The molecule has 0 bridgehead atoms. The van der Waals surface area contributed by atoms with E-state index in [1.807, 2.05) is 19.9 Å². The van der Waals surface area contributed by atoms with Crippen molar-refractivity contribution in [2.75, 3.05) is 6.61 Å². The first-order valence-electron chi connectivity index (χ1n) is 9.04. The monoisotopic (exact) mass is 326 g/mol. The van der Waals surface area contributed by atoms with Gasteiger partial charge < -0.3 is 23.7 Å². The maximum absolute atomic E-state index is 6.02. The van der Waals surface area contributed by atoms with Crippen LogP contribution in [0, 0.1) is 0 Å². The highest BCUT2D eigenvalue weighted by Crippen LogP contribution is 2.40. The summed E-state index contributed by atoms with van der Waals surface area (Å²) in [6.07, 6.45) is 10.7. The fourth-order valence-electron chi connectivity index (χ4n) is 3.40. The van der Waals surface area contributed by atoms with Gasteiger partial charge in [0, 0.05) is 0 Å². The van der Waals surface area contributed by atoms with Crippen LogP contribution >= 0.6 is 0 Å². The zero-order valence-electron chi connectivity index (χ0n) is 14.5. The second kappa shape index (κ2) is 7.62. The van der Waals surface area contributed by atoms with Gasteiger partial charge in [-0.1, -0.05) is 38.7 Å². The molecule has 3 saturated heterocycles. The van der Waals surface area contributed by atoms with E-state index in [9.17, 15) is 0 Å². The maximum Gasteiger partial charge on any atom is 0.190 e. The number of ether oxygens (including phenoxy) is 5. The van der Waals surface area contributed by atoms with Gasteiger partial charge in [-0.15, -0.1) is 0 Å². The fourth-order valence-corrected chi connectivity index (χ4v) is 3.40. The van der Waals surface area contributed by atoms with Crippen molar-refractivity contribution in [1.82, 2.24) is 0 Å². The van der Waals surface area contributed by atoms with Crippen LogP contribution < -0.4 is 0 Å². The third kappa shape index (κ3) is 4.34. The number of fused-ring (bicyclic) bond motifs is 3. The maximum atomic E-state index is 6.02. The van der Waals surface area contributed by atoms with Gasteiger partial charge in [-0.2, -0.15) is 0 Å². The molecule has 0 aromatic rings. The highest BCUT2D eigenvalue weighted by molar-refractivity contribution is 4.98. The van der Waals surface area contributed by atoms with Gasteiger partial charge in [-0.25, -0.2) is 0 Å². The summed E-state index contributed by atoms with van der Waals surface area (Å²) < 4.78 is 29.2. The Morgan fingerprint density at radius 3 is 2.65 bits per heavy atom. The second-order valence-electron chi connectivity index (χ2n) is 7.08. The van der Waals surface area contributed by atoms with Crippen LogP contribution in [0.5, 0.6) is 0 Å². The predicted octanol–water partition coefficient (Wildman–Crippen LogP) is 3.52. The number of hydrogen-bond acceptors (Lipinski definition) is 5. The van der Waals surface area contributed by atoms with E-state index in [4.69, 9.17) is 23.7 Å². The van der Waals surface area contributed by atoms with Crippen LogP contribution in [0.25, 0.3) is 0 Å². The van der Waals surface area contributed by atoms with E-state index in [1.54, 1.807) is 0 Å². The summed E-state index contributed by atoms with van der Waals surface area (Å²) in [6, 6.07) is 0. The molecular formula is C18H30O5. The van der Waals surface area contributed by atoms with Crippen LogP contribution in [-0.4, -0.2) is 43.3 Å². The third-order valence-corrected chi connectivity index (χ3v) is 4.57. The summed E-state index contributed by atoms with van der Waals surface area (Å²) in [4.78, 5) is 0. The molecule has 0 saturated carbocycles. The first kappa shape index (κ1) is 17.4. The van der Waals surface area contributed by atoms with Crippen molar-refractivity contribution in [2.24, 2.45) is 0 Å². The van der Waals surface area contributed by atoms with Gasteiger partial charge in [0.05, 0.1) is 6.61 Å². The summed E-state index contributed by atoms with van der Waals surface area (Å²) in [5.74, 6) is -0.605. The van der Waals surface area contributed by atoms with Crippen molar-refractivity contribution in [3.63, 3.8) is 0 Å². The van der Waals surface area contributed by atoms with Gasteiger partial charge in [0.2, 0.25) is 0 Å². The quantitative estimate of drug-likeness (QED) is 0.529. The van der Waals surface area contributed by atoms with Crippen LogP contribution in [0.2, 0.25) is 0 Å². The van der Waals surface area contributed by atoms with Gasteiger partial charge in [0.15, 0.2) is 18.4 Å². The van der Waals surface area contributed by atoms with E-state index >= 15 is 0 Å². The Morgan fingerprint density at radius 1 is 1.00 bits per heavy atom. The predicted molar refractivity (Wildman–Crippen MR) is 85.8 cm³/mol. The zero-order valence-corrected chi connectivity index (χ0v) is 14.5. The molecule has 0 amide bonds. The Bertz CT molecular complexity index is 408. The lowest BCUT2D eigenvalue weighted by Crippen LogP contribution is -2.46.